The molecule has 0 bridgehead atoms. The maximum Gasteiger partial charge on any atom is 0.407 e. The molecule has 1 aliphatic rings. The van der Waals surface area contributed by atoms with E-state index in [0.29, 0.717) is 0 Å². The molecule has 8 heteroatoms. The number of carbonyl (C=O) groups is 1. The van der Waals surface area contributed by atoms with E-state index < -0.39 is 9.41 Å². The topological polar surface area (TPSA) is 44.8 Å². The highest BCUT2D eigenvalue weighted by Gasteiger charge is 2.23. The second-order valence-electron chi connectivity index (χ2n) is 2.01. The molecule has 0 spiro atoms. The molecule has 0 amide bonds. The fourth-order valence-electron chi connectivity index (χ4n) is 0.531. The van der Waals surface area contributed by atoms with Crippen molar-refractivity contribution in [2.24, 2.45) is 0 Å². The van der Waals surface area contributed by atoms with Crippen molar-refractivity contribution in [3.8, 4) is 0 Å². The largest absolute Gasteiger partial charge is 0.407 e. The van der Waals surface area contributed by atoms with Crippen LogP contribution in [-0.4, -0.2) is 35.8 Å². The van der Waals surface area contributed by atoms with Gasteiger partial charge in [0.05, 0.1) is 26.4 Å². The summed E-state index contributed by atoms with van der Waals surface area (Å²) < 4.78 is 11.7. The van der Waals surface area contributed by atoms with Gasteiger partial charge >= 0.3 is 9.41 Å². The van der Waals surface area contributed by atoms with Gasteiger partial charge in [-0.05, 0) is 34.8 Å². The molecule has 0 aromatic rings. The maximum absolute atomic E-state index is 9.75. The standard InChI is InChI=1S/C4H8O2.C2Cl4O2/c1-2-6-4-3-5-1;3-1(7)8-2(4,5)6/h1-4H2;. The second-order valence-corrected chi connectivity index (χ2v) is 4.50. The SMILES string of the molecule is C1COCCO1.O=C(Cl)OC(Cl)(Cl)Cl. The van der Waals surface area contributed by atoms with E-state index >= 15 is 0 Å². The summed E-state index contributed by atoms with van der Waals surface area (Å²) in [5.74, 6) is 0. The Labute approximate surface area is 101 Å². The predicted molar refractivity (Wildman–Crippen MR) is 54.3 cm³/mol. The Morgan fingerprint density at radius 3 is 1.50 bits per heavy atom. The lowest BCUT2D eigenvalue weighted by molar-refractivity contribution is -0.0334. The molecule has 4 nitrogen and oxygen atoms in total. The van der Waals surface area contributed by atoms with E-state index in [-0.39, 0.29) is 0 Å². The van der Waals surface area contributed by atoms with E-state index in [0.717, 1.165) is 26.4 Å². The zero-order chi connectivity index (χ0) is 11.0. The first-order valence-electron chi connectivity index (χ1n) is 3.52. The van der Waals surface area contributed by atoms with E-state index in [1.807, 2.05) is 0 Å². The van der Waals surface area contributed by atoms with Gasteiger partial charge in [0.25, 0.3) is 0 Å². The summed E-state index contributed by atoms with van der Waals surface area (Å²) in [5.41, 5.74) is -1.15. The molecule has 0 radical (unpaired) electrons. The van der Waals surface area contributed by atoms with Crippen LogP contribution in [0.2, 0.25) is 0 Å². The van der Waals surface area contributed by atoms with E-state index in [1.165, 1.54) is 0 Å². The van der Waals surface area contributed by atoms with Crippen LogP contribution in [0.25, 0.3) is 0 Å². The van der Waals surface area contributed by atoms with Crippen LogP contribution in [-0.2, 0) is 14.2 Å². The van der Waals surface area contributed by atoms with Gasteiger partial charge in [0.15, 0.2) is 0 Å². The Balaban J connectivity index is 0.000000249. The molecule has 14 heavy (non-hydrogen) atoms. The highest BCUT2D eigenvalue weighted by molar-refractivity contribution is 6.69. The lowest BCUT2D eigenvalue weighted by Gasteiger charge is -2.09. The summed E-state index contributed by atoms with van der Waals surface area (Å²) >= 11 is 19.4. The molecule has 1 heterocycles. The molecule has 0 N–H and O–H groups in total. The quantitative estimate of drug-likeness (QED) is 0.507. The molecule has 0 atom stereocenters. The third-order valence-corrected chi connectivity index (χ3v) is 1.25. The zero-order valence-electron chi connectivity index (χ0n) is 6.97. The van der Waals surface area contributed by atoms with Gasteiger partial charge < -0.3 is 14.2 Å². The van der Waals surface area contributed by atoms with E-state index in [9.17, 15) is 4.79 Å². The van der Waals surface area contributed by atoms with Crippen LogP contribution in [0.15, 0.2) is 0 Å². The van der Waals surface area contributed by atoms with Gasteiger partial charge in [-0.25, -0.2) is 4.79 Å². The van der Waals surface area contributed by atoms with Gasteiger partial charge in [0.2, 0.25) is 0 Å². The van der Waals surface area contributed by atoms with Crippen molar-refractivity contribution in [1.29, 1.82) is 0 Å². The van der Waals surface area contributed by atoms with E-state index in [1.54, 1.807) is 0 Å². The average molecular weight is 286 g/mol. The lowest BCUT2D eigenvalue weighted by Crippen LogP contribution is -2.16. The van der Waals surface area contributed by atoms with Crippen molar-refractivity contribution in [3.63, 3.8) is 0 Å². The number of ether oxygens (including phenoxy) is 3. The van der Waals surface area contributed by atoms with Crippen molar-refractivity contribution < 1.29 is 19.0 Å². The molecular weight excluding hydrogens is 278 g/mol. The molecule has 0 saturated carbocycles. The van der Waals surface area contributed by atoms with E-state index in [4.69, 9.17) is 44.3 Å². The highest BCUT2D eigenvalue weighted by Crippen LogP contribution is 2.27. The van der Waals surface area contributed by atoms with Crippen molar-refractivity contribution in [2.45, 2.75) is 3.98 Å². The van der Waals surface area contributed by atoms with Crippen molar-refractivity contribution in [3.05, 3.63) is 0 Å². The van der Waals surface area contributed by atoms with Crippen LogP contribution in [0.1, 0.15) is 0 Å². The number of hydrogen-bond donors (Lipinski definition) is 0. The summed E-state index contributed by atoms with van der Waals surface area (Å²) in [4.78, 5) is 9.75. The third-order valence-electron chi connectivity index (χ3n) is 0.940. The monoisotopic (exact) mass is 284 g/mol. The predicted octanol–water partition coefficient (Wildman–Crippen LogP) is 2.72. The zero-order valence-corrected chi connectivity index (χ0v) is 10.00. The summed E-state index contributed by atoms with van der Waals surface area (Å²) in [5, 5.41) is 0. The Hall–Kier alpha value is 0.550. The highest BCUT2D eigenvalue weighted by atomic mass is 35.6. The van der Waals surface area contributed by atoms with Crippen LogP contribution in [0.3, 0.4) is 0 Å². The Morgan fingerprint density at radius 1 is 1.07 bits per heavy atom. The number of alkyl halides is 3. The molecular formula is C6H8Cl4O4. The summed E-state index contributed by atoms with van der Waals surface area (Å²) in [7, 11) is 0. The average Bonchev–Trinajstić information content (AvgIpc) is 2.03. The Morgan fingerprint density at radius 2 is 1.43 bits per heavy atom. The molecule has 0 aromatic carbocycles. The molecule has 1 fully saturated rings. The van der Waals surface area contributed by atoms with Gasteiger partial charge in [-0.2, -0.15) is 0 Å². The molecule has 1 rings (SSSR count). The summed E-state index contributed by atoms with van der Waals surface area (Å²) in [6.45, 7) is 3.11. The van der Waals surface area contributed by atoms with Gasteiger partial charge in [-0.1, -0.05) is 0 Å². The number of halogens is 4. The minimum Gasteiger partial charge on any atom is -0.402 e. The fourth-order valence-corrected chi connectivity index (χ4v) is 0.975. The minimum atomic E-state index is -2.04. The summed E-state index contributed by atoms with van der Waals surface area (Å²) in [6, 6.07) is 0. The van der Waals surface area contributed by atoms with Crippen molar-refractivity contribution >= 4 is 51.8 Å². The Kier molecular flexibility index (Phi) is 8.10. The smallest absolute Gasteiger partial charge is 0.402 e. The van der Waals surface area contributed by atoms with Gasteiger partial charge in [-0.3, -0.25) is 0 Å². The van der Waals surface area contributed by atoms with Crippen LogP contribution in [0, 0.1) is 0 Å². The van der Waals surface area contributed by atoms with Crippen LogP contribution < -0.4 is 0 Å². The third kappa shape index (κ3) is 12.6. The first kappa shape index (κ1) is 14.6. The number of hydrogen-bond acceptors (Lipinski definition) is 4. The van der Waals surface area contributed by atoms with Crippen LogP contribution >= 0.6 is 46.4 Å². The molecule has 0 aliphatic carbocycles. The Bertz CT molecular complexity index is 154. The number of carbonyl (C=O) groups excluding carboxylic acids is 1. The summed E-state index contributed by atoms with van der Waals surface area (Å²) in [6.07, 6.45) is 0. The van der Waals surface area contributed by atoms with E-state index in [2.05, 4.69) is 16.3 Å². The second kappa shape index (κ2) is 7.79. The van der Waals surface area contributed by atoms with Gasteiger partial charge in [-0.15, -0.1) is 0 Å². The van der Waals surface area contributed by atoms with Crippen LogP contribution in [0.4, 0.5) is 4.79 Å². The fraction of sp³-hybridized carbons (Fsp3) is 0.833. The number of rotatable bonds is 0. The first-order valence-corrected chi connectivity index (χ1v) is 5.03. The molecule has 1 saturated heterocycles. The molecule has 0 unspecified atom stereocenters. The van der Waals surface area contributed by atoms with Crippen molar-refractivity contribution in [2.75, 3.05) is 26.4 Å². The normalized spacial score (nSPS) is 16.6. The first-order chi connectivity index (χ1) is 6.42. The maximum atomic E-state index is 9.75. The minimum absolute atomic E-state index is 0.778. The van der Waals surface area contributed by atoms with Gasteiger partial charge in [0, 0.05) is 11.6 Å². The molecule has 0 aromatic heterocycles. The lowest BCUT2D eigenvalue weighted by atomic mass is 10.6. The van der Waals surface area contributed by atoms with Gasteiger partial charge in [0.1, 0.15) is 0 Å². The van der Waals surface area contributed by atoms with Crippen LogP contribution in [0.5, 0.6) is 0 Å². The molecule has 84 valence electrons. The molecule has 1 aliphatic heterocycles. The van der Waals surface area contributed by atoms with Crippen molar-refractivity contribution in [1.82, 2.24) is 0 Å².